The summed E-state index contributed by atoms with van der Waals surface area (Å²) in [6, 6.07) is 0. The first-order chi connectivity index (χ1) is 8.31. The molecule has 2 unspecified atom stereocenters. The number of carbonyl (C=O) groups excluding carboxylic acids is 1. The molecule has 0 spiro atoms. The lowest BCUT2D eigenvalue weighted by Gasteiger charge is -2.24. The van der Waals surface area contributed by atoms with Crippen LogP contribution in [0.25, 0.3) is 0 Å². The van der Waals surface area contributed by atoms with Gasteiger partial charge in [-0.25, -0.2) is 4.79 Å². The number of aliphatic hydroxyl groups excluding tert-OH is 1. The van der Waals surface area contributed by atoms with Gasteiger partial charge in [-0.2, -0.15) is 0 Å². The van der Waals surface area contributed by atoms with E-state index in [1.165, 1.54) is 0 Å². The van der Waals surface area contributed by atoms with Crippen molar-refractivity contribution in [2.24, 2.45) is 11.8 Å². The van der Waals surface area contributed by atoms with E-state index < -0.39 is 5.60 Å². The zero-order valence-corrected chi connectivity index (χ0v) is 12.1. The molecule has 1 heterocycles. The van der Waals surface area contributed by atoms with E-state index in [1.807, 2.05) is 20.8 Å². The lowest BCUT2D eigenvalue weighted by atomic mass is 9.97. The topological polar surface area (TPSA) is 49.8 Å². The lowest BCUT2D eigenvalue weighted by molar-refractivity contribution is 0.0287. The van der Waals surface area contributed by atoms with Crippen molar-refractivity contribution in [3.8, 4) is 0 Å². The Labute approximate surface area is 110 Å². The number of amides is 1. The van der Waals surface area contributed by atoms with E-state index >= 15 is 0 Å². The van der Waals surface area contributed by atoms with Gasteiger partial charge in [0.2, 0.25) is 0 Å². The highest BCUT2D eigenvalue weighted by Crippen LogP contribution is 2.24. The summed E-state index contributed by atoms with van der Waals surface area (Å²) in [5, 5.41) is 8.99. The largest absolute Gasteiger partial charge is 0.444 e. The van der Waals surface area contributed by atoms with Crippen LogP contribution >= 0.6 is 0 Å². The Bertz CT molecular complexity index is 273. The van der Waals surface area contributed by atoms with Gasteiger partial charge < -0.3 is 14.7 Å². The molecular weight excluding hydrogens is 230 g/mol. The average Bonchev–Trinajstić information content (AvgIpc) is 2.72. The third-order valence-corrected chi connectivity index (χ3v) is 3.32. The van der Waals surface area contributed by atoms with Crippen molar-refractivity contribution in [2.75, 3.05) is 19.7 Å². The Balaban J connectivity index is 2.30. The van der Waals surface area contributed by atoms with E-state index in [2.05, 4.69) is 6.92 Å². The Morgan fingerprint density at radius 2 is 2.17 bits per heavy atom. The summed E-state index contributed by atoms with van der Waals surface area (Å²) in [7, 11) is 0. The number of likely N-dealkylation sites (tertiary alicyclic amines) is 1. The molecule has 4 heteroatoms. The maximum absolute atomic E-state index is 11.9. The number of rotatable bonds is 4. The van der Waals surface area contributed by atoms with Crippen LogP contribution in [0.15, 0.2) is 0 Å². The molecule has 2 atom stereocenters. The van der Waals surface area contributed by atoms with Crippen molar-refractivity contribution in [1.29, 1.82) is 0 Å². The second-order valence-corrected chi connectivity index (χ2v) is 6.45. The van der Waals surface area contributed by atoms with Gasteiger partial charge in [-0.1, -0.05) is 6.92 Å². The normalized spacial score (nSPS) is 22.1. The molecule has 0 radical (unpaired) electrons. The molecule has 0 aromatic carbocycles. The van der Waals surface area contributed by atoms with Crippen molar-refractivity contribution in [1.82, 2.24) is 4.90 Å². The molecule has 18 heavy (non-hydrogen) atoms. The second-order valence-electron chi connectivity index (χ2n) is 6.45. The molecule has 4 nitrogen and oxygen atoms in total. The molecule has 0 saturated carbocycles. The summed E-state index contributed by atoms with van der Waals surface area (Å²) in [4.78, 5) is 13.7. The highest BCUT2D eigenvalue weighted by Gasteiger charge is 2.29. The summed E-state index contributed by atoms with van der Waals surface area (Å²) in [5.74, 6) is 0.923. The standard InChI is InChI=1S/C14H27NO3/c1-11(10-16)5-6-12-7-8-15(9-12)13(17)18-14(2,3)4/h11-12,16H,5-10H2,1-4H3. The number of aliphatic hydroxyl groups is 1. The minimum Gasteiger partial charge on any atom is -0.444 e. The predicted octanol–water partition coefficient (Wildman–Crippen LogP) is 2.65. The maximum atomic E-state index is 11.9. The quantitative estimate of drug-likeness (QED) is 0.842. The molecule has 106 valence electrons. The van der Waals surface area contributed by atoms with Gasteiger partial charge >= 0.3 is 6.09 Å². The van der Waals surface area contributed by atoms with Crippen molar-refractivity contribution in [3.63, 3.8) is 0 Å². The Hall–Kier alpha value is -0.770. The first-order valence-corrected chi connectivity index (χ1v) is 6.90. The van der Waals surface area contributed by atoms with Crippen LogP contribution in [-0.4, -0.2) is 41.4 Å². The zero-order chi connectivity index (χ0) is 13.8. The first-order valence-electron chi connectivity index (χ1n) is 6.90. The number of hydrogen-bond acceptors (Lipinski definition) is 3. The zero-order valence-electron chi connectivity index (χ0n) is 12.1. The van der Waals surface area contributed by atoms with Gasteiger partial charge in [0.1, 0.15) is 5.60 Å². The predicted molar refractivity (Wildman–Crippen MR) is 71.4 cm³/mol. The molecule has 0 aliphatic carbocycles. The summed E-state index contributed by atoms with van der Waals surface area (Å²) in [6.45, 7) is 9.58. The second kappa shape index (κ2) is 6.41. The van der Waals surface area contributed by atoms with Crippen molar-refractivity contribution in [3.05, 3.63) is 0 Å². The molecule has 1 saturated heterocycles. The average molecular weight is 257 g/mol. The molecule has 0 aromatic rings. The Morgan fingerprint density at radius 1 is 1.50 bits per heavy atom. The van der Waals surface area contributed by atoms with Crippen LogP contribution in [0.4, 0.5) is 4.79 Å². The molecule has 1 rings (SSSR count). The fourth-order valence-electron chi connectivity index (χ4n) is 2.17. The van der Waals surface area contributed by atoms with Crippen molar-refractivity contribution < 1.29 is 14.6 Å². The Kier molecular flexibility index (Phi) is 5.45. The monoisotopic (exact) mass is 257 g/mol. The molecule has 0 aromatic heterocycles. The van der Waals surface area contributed by atoms with E-state index in [1.54, 1.807) is 4.90 Å². The van der Waals surface area contributed by atoms with Crippen LogP contribution < -0.4 is 0 Å². The van der Waals surface area contributed by atoms with E-state index in [-0.39, 0.29) is 12.7 Å². The molecule has 1 fully saturated rings. The lowest BCUT2D eigenvalue weighted by Crippen LogP contribution is -2.35. The third kappa shape index (κ3) is 5.25. The highest BCUT2D eigenvalue weighted by atomic mass is 16.6. The molecule has 0 bridgehead atoms. The maximum Gasteiger partial charge on any atom is 0.410 e. The number of hydrogen-bond donors (Lipinski definition) is 1. The minimum atomic E-state index is -0.416. The minimum absolute atomic E-state index is 0.194. The van der Waals surface area contributed by atoms with Gasteiger partial charge in [0.25, 0.3) is 0 Å². The fourth-order valence-corrected chi connectivity index (χ4v) is 2.17. The number of ether oxygens (including phenoxy) is 1. The summed E-state index contributed by atoms with van der Waals surface area (Å²) in [6.07, 6.45) is 2.97. The van der Waals surface area contributed by atoms with Gasteiger partial charge in [-0.15, -0.1) is 0 Å². The molecule has 1 N–H and O–H groups in total. The van der Waals surface area contributed by atoms with Crippen LogP contribution in [0.3, 0.4) is 0 Å². The summed E-state index contributed by atoms with van der Waals surface area (Å²) in [5.41, 5.74) is -0.416. The number of carbonyl (C=O) groups is 1. The molecule has 1 aliphatic rings. The van der Waals surface area contributed by atoms with Gasteiger partial charge in [-0.3, -0.25) is 0 Å². The number of nitrogens with zero attached hydrogens (tertiary/aromatic N) is 1. The first kappa shape index (κ1) is 15.3. The molecule has 1 amide bonds. The smallest absolute Gasteiger partial charge is 0.410 e. The molecular formula is C14H27NO3. The Morgan fingerprint density at radius 3 is 2.72 bits per heavy atom. The van der Waals surface area contributed by atoms with Crippen LogP contribution in [0.1, 0.15) is 47.0 Å². The third-order valence-electron chi connectivity index (χ3n) is 3.32. The fraction of sp³-hybridized carbons (Fsp3) is 0.929. The van der Waals surface area contributed by atoms with E-state index in [9.17, 15) is 4.79 Å². The summed E-state index contributed by atoms with van der Waals surface area (Å²) < 4.78 is 5.36. The molecule has 1 aliphatic heterocycles. The van der Waals surface area contributed by atoms with Gasteiger partial charge in [-0.05, 0) is 51.9 Å². The van der Waals surface area contributed by atoms with Crippen LogP contribution in [-0.2, 0) is 4.74 Å². The van der Waals surface area contributed by atoms with Crippen LogP contribution in [0.2, 0.25) is 0 Å². The van der Waals surface area contributed by atoms with E-state index in [4.69, 9.17) is 9.84 Å². The van der Waals surface area contributed by atoms with E-state index in [0.29, 0.717) is 11.8 Å². The summed E-state index contributed by atoms with van der Waals surface area (Å²) >= 11 is 0. The van der Waals surface area contributed by atoms with Gasteiger partial charge in [0, 0.05) is 19.7 Å². The van der Waals surface area contributed by atoms with Crippen LogP contribution in [0.5, 0.6) is 0 Å². The van der Waals surface area contributed by atoms with Crippen LogP contribution in [0, 0.1) is 11.8 Å². The van der Waals surface area contributed by atoms with Crippen molar-refractivity contribution in [2.45, 2.75) is 52.6 Å². The highest BCUT2D eigenvalue weighted by molar-refractivity contribution is 5.68. The van der Waals surface area contributed by atoms with Crippen molar-refractivity contribution >= 4 is 6.09 Å². The van der Waals surface area contributed by atoms with Gasteiger partial charge in [0.15, 0.2) is 0 Å². The SMILES string of the molecule is CC(CO)CCC1CCN(C(=O)OC(C)(C)C)C1. The van der Waals surface area contributed by atoms with Gasteiger partial charge in [0.05, 0.1) is 0 Å². The van der Waals surface area contributed by atoms with E-state index in [0.717, 1.165) is 32.4 Å².